The summed E-state index contributed by atoms with van der Waals surface area (Å²) in [4.78, 5) is 4.24. The SMILES string of the molecule is CN=C(NCCCc1ccc(C(C)C)cc1)NCc1ccccc1NS(C)(=O)=O. The molecule has 0 aliphatic rings. The Balaban J connectivity index is 1.80. The van der Waals surface area contributed by atoms with Gasteiger partial charge in [0.25, 0.3) is 0 Å². The zero-order chi connectivity index (χ0) is 21.3. The highest BCUT2D eigenvalue weighted by atomic mass is 32.2. The second-order valence-electron chi connectivity index (χ2n) is 7.38. The molecule has 0 aliphatic heterocycles. The van der Waals surface area contributed by atoms with Crippen LogP contribution in [0.25, 0.3) is 0 Å². The Bertz CT molecular complexity index is 907. The number of para-hydroxylation sites is 1. The van der Waals surface area contributed by atoms with Gasteiger partial charge in [-0.2, -0.15) is 0 Å². The van der Waals surface area contributed by atoms with Crippen molar-refractivity contribution in [3.05, 3.63) is 65.2 Å². The van der Waals surface area contributed by atoms with Crippen LogP contribution in [-0.2, 0) is 23.0 Å². The zero-order valence-electron chi connectivity index (χ0n) is 17.7. The highest BCUT2D eigenvalue weighted by Gasteiger charge is 2.07. The van der Waals surface area contributed by atoms with E-state index < -0.39 is 10.0 Å². The predicted octanol–water partition coefficient (Wildman–Crippen LogP) is 3.48. The van der Waals surface area contributed by atoms with Gasteiger partial charge in [0.1, 0.15) is 0 Å². The van der Waals surface area contributed by atoms with Crippen molar-refractivity contribution in [1.82, 2.24) is 10.6 Å². The number of sulfonamides is 1. The number of anilines is 1. The molecule has 158 valence electrons. The third-order valence-electron chi connectivity index (χ3n) is 4.56. The fraction of sp³-hybridized carbons (Fsp3) is 0.409. The average molecular weight is 417 g/mol. The summed E-state index contributed by atoms with van der Waals surface area (Å²) in [5.74, 6) is 1.24. The third-order valence-corrected chi connectivity index (χ3v) is 5.15. The molecule has 0 unspecified atom stereocenters. The van der Waals surface area contributed by atoms with Gasteiger partial charge in [-0.05, 0) is 41.5 Å². The molecular weight excluding hydrogens is 384 g/mol. The highest BCUT2D eigenvalue weighted by Crippen LogP contribution is 2.16. The highest BCUT2D eigenvalue weighted by molar-refractivity contribution is 7.92. The van der Waals surface area contributed by atoms with E-state index in [-0.39, 0.29) is 0 Å². The number of rotatable bonds is 9. The molecule has 0 bridgehead atoms. The number of benzene rings is 2. The summed E-state index contributed by atoms with van der Waals surface area (Å²) in [7, 11) is -1.60. The van der Waals surface area contributed by atoms with Gasteiger partial charge < -0.3 is 10.6 Å². The van der Waals surface area contributed by atoms with Crippen molar-refractivity contribution in [3.8, 4) is 0 Å². The zero-order valence-corrected chi connectivity index (χ0v) is 18.5. The summed E-state index contributed by atoms with van der Waals surface area (Å²) < 4.78 is 25.6. The second-order valence-corrected chi connectivity index (χ2v) is 9.13. The van der Waals surface area contributed by atoms with E-state index in [0.29, 0.717) is 24.1 Å². The Kier molecular flexibility index (Phi) is 8.51. The molecule has 0 amide bonds. The minimum absolute atomic E-state index is 0.467. The van der Waals surface area contributed by atoms with E-state index >= 15 is 0 Å². The molecule has 0 aliphatic carbocycles. The van der Waals surface area contributed by atoms with Crippen LogP contribution in [0.1, 0.15) is 42.9 Å². The van der Waals surface area contributed by atoms with Gasteiger partial charge in [-0.3, -0.25) is 9.71 Å². The molecule has 0 saturated carbocycles. The Labute approximate surface area is 174 Å². The van der Waals surface area contributed by atoms with Gasteiger partial charge in [0.05, 0.1) is 11.9 Å². The first kappa shape index (κ1) is 22.7. The number of nitrogens with zero attached hydrogens (tertiary/aromatic N) is 1. The maximum Gasteiger partial charge on any atom is 0.229 e. The van der Waals surface area contributed by atoms with Crippen molar-refractivity contribution >= 4 is 21.7 Å². The van der Waals surface area contributed by atoms with Crippen LogP contribution in [0.15, 0.2) is 53.5 Å². The maximum absolute atomic E-state index is 11.5. The predicted molar refractivity (Wildman–Crippen MR) is 122 cm³/mol. The quantitative estimate of drug-likeness (QED) is 0.332. The Morgan fingerprint density at radius 3 is 2.34 bits per heavy atom. The van der Waals surface area contributed by atoms with Crippen LogP contribution in [0.4, 0.5) is 5.69 Å². The van der Waals surface area contributed by atoms with E-state index in [1.807, 2.05) is 12.1 Å². The van der Waals surface area contributed by atoms with Crippen molar-refractivity contribution < 1.29 is 8.42 Å². The van der Waals surface area contributed by atoms with Gasteiger partial charge in [-0.1, -0.05) is 56.3 Å². The topological polar surface area (TPSA) is 82.6 Å². The number of aryl methyl sites for hydroxylation is 1. The fourth-order valence-corrected chi connectivity index (χ4v) is 3.54. The van der Waals surface area contributed by atoms with Crippen LogP contribution < -0.4 is 15.4 Å². The first-order valence-corrected chi connectivity index (χ1v) is 11.8. The van der Waals surface area contributed by atoms with Crippen molar-refractivity contribution in [2.24, 2.45) is 4.99 Å². The van der Waals surface area contributed by atoms with Crippen LogP contribution in [-0.4, -0.2) is 34.2 Å². The van der Waals surface area contributed by atoms with E-state index in [1.165, 1.54) is 11.1 Å². The summed E-state index contributed by atoms with van der Waals surface area (Å²) in [5.41, 5.74) is 4.12. The molecule has 7 heteroatoms. The normalized spacial score (nSPS) is 12.1. The molecular formula is C22H32N4O2S. The van der Waals surface area contributed by atoms with Gasteiger partial charge in [-0.15, -0.1) is 0 Å². The van der Waals surface area contributed by atoms with Crippen LogP contribution in [0.2, 0.25) is 0 Å². The van der Waals surface area contributed by atoms with E-state index in [4.69, 9.17) is 0 Å². The summed E-state index contributed by atoms with van der Waals surface area (Å²) >= 11 is 0. The molecule has 0 atom stereocenters. The van der Waals surface area contributed by atoms with E-state index in [1.54, 1.807) is 19.2 Å². The summed E-state index contributed by atoms with van der Waals surface area (Å²) in [5, 5.41) is 6.54. The molecule has 2 aromatic rings. The third kappa shape index (κ3) is 8.15. The average Bonchev–Trinajstić information content (AvgIpc) is 2.67. The molecule has 6 nitrogen and oxygen atoms in total. The molecule has 2 rings (SSSR count). The lowest BCUT2D eigenvalue weighted by Gasteiger charge is -2.14. The van der Waals surface area contributed by atoms with Gasteiger partial charge in [0, 0.05) is 20.1 Å². The molecule has 29 heavy (non-hydrogen) atoms. The smallest absolute Gasteiger partial charge is 0.229 e. The number of aliphatic imine (C=N–C) groups is 1. The lowest BCUT2D eigenvalue weighted by atomic mass is 10.0. The maximum atomic E-state index is 11.5. The molecule has 0 aromatic heterocycles. The number of guanidine groups is 1. The largest absolute Gasteiger partial charge is 0.356 e. The van der Waals surface area contributed by atoms with Crippen LogP contribution in [0.5, 0.6) is 0 Å². The number of hydrogen-bond acceptors (Lipinski definition) is 3. The van der Waals surface area contributed by atoms with Crippen LogP contribution in [0.3, 0.4) is 0 Å². The Hall–Kier alpha value is -2.54. The standard InChI is InChI=1S/C22H32N4O2S/c1-17(2)19-13-11-18(12-14-19)8-7-15-24-22(23-3)25-16-20-9-5-6-10-21(20)26-29(4,27)28/h5-6,9-14,17,26H,7-8,15-16H2,1-4H3,(H2,23,24,25). The van der Waals surface area contributed by atoms with E-state index in [0.717, 1.165) is 31.2 Å². The molecule has 2 aromatic carbocycles. The molecule has 0 saturated heterocycles. The lowest BCUT2D eigenvalue weighted by molar-refractivity contribution is 0.606. The monoisotopic (exact) mass is 416 g/mol. The first-order valence-electron chi connectivity index (χ1n) is 9.87. The van der Waals surface area contributed by atoms with Crippen LogP contribution in [0, 0.1) is 0 Å². The fourth-order valence-electron chi connectivity index (χ4n) is 2.94. The minimum Gasteiger partial charge on any atom is -0.356 e. The van der Waals surface area contributed by atoms with Crippen molar-refractivity contribution in [3.63, 3.8) is 0 Å². The summed E-state index contributed by atoms with van der Waals surface area (Å²) in [6, 6.07) is 16.1. The first-order chi connectivity index (χ1) is 13.8. The Morgan fingerprint density at radius 1 is 1.03 bits per heavy atom. The molecule has 0 fully saturated rings. The van der Waals surface area contributed by atoms with Gasteiger partial charge in [-0.25, -0.2) is 8.42 Å². The lowest BCUT2D eigenvalue weighted by Crippen LogP contribution is -2.37. The van der Waals surface area contributed by atoms with Gasteiger partial charge >= 0.3 is 0 Å². The van der Waals surface area contributed by atoms with Crippen molar-refractivity contribution in [2.45, 2.75) is 39.2 Å². The summed E-state index contributed by atoms with van der Waals surface area (Å²) in [6.45, 7) is 5.67. The summed E-state index contributed by atoms with van der Waals surface area (Å²) in [6.07, 6.45) is 3.14. The second kappa shape index (κ2) is 10.9. The molecule has 3 N–H and O–H groups in total. The van der Waals surface area contributed by atoms with Crippen molar-refractivity contribution in [1.29, 1.82) is 0 Å². The van der Waals surface area contributed by atoms with Gasteiger partial charge in [0.2, 0.25) is 10.0 Å². The molecule has 0 heterocycles. The number of hydrogen-bond donors (Lipinski definition) is 3. The van der Waals surface area contributed by atoms with Crippen LogP contribution >= 0.6 is 0 Å². The van der Waals surface area contributed by atoms with Gasteiger partial charge in [0.15, 0.2) is 5.96 Å². The Morgan fingerprint density at radius 2 is 1.72 bits per heavy atom. The molecule has 0 radical (unpaired) electrons. The van der Waals surface area contributed by atoms with E-state index in [9.17, 15) is 8.42 Å². The number of nitrogens with one attached hydrogen (secondary N) is 3. The van der Waals surface area contributed by atoms with Crippen molar-refractivity contribution in [2.75, 3.05) is 24.6 Å². The minimum atomic E-state index is -3.32. The van der Waals surface area contributed by atoms with E-state index in [2.05, 4.69) is 58.5 Å². The molecule has 0 spiro atoms.